The first-order chi connectivity index (χ1) is 15.0. The van der Waals surface area contributed by atoms with Gasteiger partial charge in [-0.25, -0.2) is 8.78 Å². The highest BCUT2D eigenvalue weighted by Gasteiger charge is 2.39. The predicted octanol–water partition coefficient (Wildman–Crippen LogP) is 4.22. The van der Waals surface area contributed by atoms with E-state index in [0.29, 0.717) is 18.4 Å². The van der Waals surface area contributed by atoms with Crippen molar-refractivity contribution < 1.29 is 46.2 Å². The Kier molecular flexibility index (Phi) is 8.63. The van der Waals surface area contributed by atoms with Crippen molar-refractivity contribution in [2.45, 2.75) is 50.9 Å². The molecule has 0 aliphatic heterocycles. The second-order valence-corrected chi connectivity index (χ2v) is 8.00. The number of ether oxygens (including phenoxy) is 3. The third-order valence-electron chi connectivity index (χ3n) is 5.60. The average Bonchev–Trinajstić information content (AvgIpc) is 2.76. The third-order valence-corrected chi connectivity index (χ3v) is 5.60. The molecule has 0 spiro atoms. The van der Waals surface area contributed by atoms with E-state index in [9.17, 15) is 31.9 Å². The summed E-state index contributed by atoms with van der Waals surface area (Å²) in [5, 5.41) is 0. The first-order valence-corrected chi connectivity index (χ1v) is 10.1. The molecule has 0 heterocycles. The Morgan fingerprint density at radius 2 is 1.72 bits per heavy atom. The predicted molar refractivity (Wildman–Crippen MR) is 105 cm³/mol. The molecule has 0 amide bonds. The Bertz CT molecular complexity index is 857. The highest BCUT2D eigenvalue weighted by molar-refractivity contribution is 5.99. The number of ketones is 1. The van der Waals surface area contributed by atoms with Gasteiger partial charge in [0.05, 0.1) is 14.2 Å². The number of esters is 2. The largest absolute Gasteiger partial charge is 0.484 e. The third kappa shape index (κ3) is 6.67. The van der Waals surface area contributed by atoms with Gasteiger partial charge in [-0.3, -0.25) is 14.4 Å². The van der Waals surface area contributed by atoms with Gasteiger partial charge in [0, 0.05) is 24.8 Å². The van der Waals surface area contributed by atoms with E-state index in [1.807, 2.05) is 0 Å². The maximum atomic E-state index is 14.5. The van der Waals surface area contributed by atoms with Crippen molar-refractivity contribution in [2.24, 2.45) is 5.41 Å². The van der Waals surface area contributed by atoms with Crippen LogP contribution in [0.25, 0.3) is 0 Å². The summed E-state index contributed by atoms with van der Waals surface area (Å²) < 4.78 is 67.0. The van der Waals surface area contributed by atoms with Crippen LogP contribution in [0.2, 0.25) is 0 Å². The first-order valence-electron chi connectivity index (χ1n) is 10.1. The summed E-state index contributed by atoms with van der Waals surface area (Å²) in [5.41, 5.74) is -0.222. The minimum absolute atomic E-state index is 0.0177. The fourth-order valence-corrected chi connectivity index (χ4v) is 3.89. The van der Waals surface area contributed by atoms with Crippen LogP contribution in [-0.2, 0) is 25.5 Å². The van der Waals surface area contributed by atoms with Gasteiger partial charge in [0.15, 0.2) is 30.6 Å². The first kappa shape index (κ1) is 25.6. The molecule has 1 aliphatic rings. The van der Waals surface area contributed by atoms with Crippen LogP contribution >= 0.6 is 0 Å². The van der Waals surface area contributed by atoms with Gasteiger partial charge in [-0.15, -0.1) is 0 Å². The zero-order valence-electron chi connectivity index (χ0n) is 18.0. The molecule has 6 nitrogen and oxygen atoms in total. The van der Waals surface area contributed by atoms with E-state index < -0.39 is 48.1 Å². The molecule has 0 radical (unpaired) electrons. The molecule has 0 saturated heterocycles. The summed E-state index contributed by atoms with van der Waals surface area (Å²) in [6.07, 6.45) is 1.52. The SMILES string of the molecule is COC(=O)CCCC1(CCC(=O)OC)CC(=O)c2cc(OCC(F)(F)CF)c(F)cc2C1. The lowest BCUT2D eigenvalue weighted by atomic mass is 9.66. The molecule has 1 unspecified atom stereocenters. The Morgan fingerprint density at radius 3 is 2.34 bits per heavy atom. The van der Waals surface area contributed by atoms with Gasteiger partial charge in [0.2, 0.25) is 0 Å². The van der Waals surface area contributed by atoms with E-state index in [0.717, 1.165) is 12.1 Å². The van der Waals surface area contributed by atoms with E-state index in [4.69, 9.17) is 4.74 Å². The van der Waals surface area contributed by atoms with Crippen LogP contribution in [0.3, 0.4) is 0 Å². The van der Waals surface area contributed by atoms with Crippen LogP contribution in [0.5, 0.6) is 5.75 Å². The molecule has 0 N–H and O–H groups in total. The number of rotatable bonds is 11. The van der Waals surface area contributed by atoms with Crippen LogP contribution in [0.15, 0.2) is 12.1 Å². The molecular weight excluding hydrogens is 436 g/mol. The Balaban J connectivity index is 2.26. The normalized spacial score (nSPS) is 18.1. The number of benzene rings is 1. The molecular formula is C22H26F4O6. The lowest BCUT2D eigenvalue weighted by Gasteiger charge is -2.38. The molecule has 0 fully saturated rings. The summed E-state index contributed by atoms with van der Waals surface area (Å²) in [6, 6.07) is 2.10. The van der Waals surface area contributed by atoms with Crippen molar-refractivity contribution in [3.63, 3.8) is 0 Å². The van der Waals surface area contributed by atoms with E-state index in [1.54, 1.807) is 0 Å². The Labute approximate surface area is 183 Å². The fourth-order valence-electron chi connectivity index (χ4n) is 3.89. The molecule has 2 rings (SSSR count). The molecule has 1 aromatic carbocycles. The number of halogens is 4. The maximum absolute atomic E-state index is 14.5. The zero-order chi connectivity index (χ0) is 23.9. The second kappa shape index (κ2) is 10.8. The average molecular weight is 462 g/mol. The Hall–Kier alpha value is -2.65. The number of fused-ring (bicyclic) bond motifs is 1. The molecule has 1 aromatic rings. The smallest absolute Gasteiger partial charge is 0.309 e. The number of Topliss-reactive ketones (excluding diaryl/α,β-unsaturated/α-hetero) is 1. The highest BCUT2D eigenvalue weighted by Crippen LogP contribution is 2.44. The minimum atomic E-state index is -3.77. The minimum Gasteiger partial charge on any atom is -0.484 e. The Morgan fingerprint density at radius 1 is 1.06 bits per heavy atom. The van der Waals surface area contributed by atoms with Gasteiger partial charge in [0.25, 0.3) is 0 Å². The molecule has 32 heavy (non-hydrogen) atoms. The van der Waals surface area contributed by atoms with Crippen LogP contribution in [0.1, 0.15) is 54.4 Å². The molecule has 0 aromatic heterocycles. The van der Waals surface area contributed by atoms with Crippen LogP contribution in [0.4, 0.5) is 17.6 Å². The van der Waals surface area contributed by atoms with Gasteiger partial charge in [-0.1, -0.05) is 0 Å². The maximum Gasteiger partial charge on any atom is 0.309 e. The van der Waals surface area contributed by atoms with Crippen molar-refractivity contribution in [3.8, 4) is 5.75 Å². The molecule has 0 saturated carbocycles. The summed E-state index contributed by atoms with van der Waals surface area (Å²) in [5.74, 6) is -6.51. The second-order valence-electron chi connectivity index (χ2n) is 8.00. The van der Waals surface area contributed by atoms with E-state index in [-0.39, 0.29) is 43.5 Å². The number of hydrogen-bond donors (Lipinski definition) is 0. The lowest BCUT2D eigenvalue weighted by molar-refractivity contribution is -0.142. The van der Waals surface area contributed by atoms with Crippen LogP contribution in [-0.4, -0.2) is 51.1 Å². The van der Waals surface area contributed by atoms with E-state index in [2.05, 4.69) is 9.47 Å². The zero-order valence-corrected chi connectivity index (χ0v) is 18.0. The van der Waals surface area contributed by atoms with Crippen molar-refractivity contribution >= 4 is 17.7 Å². The number of alkyl halides is 3. The van der Waals surface area contributed by atoms with Crippen molar-refractivity contribution in [1.29, 1.82) is 0 Å². The summed E-state index contributed by atoms with van der Waals surface area (Å²) in [7, 11) is 2.51. The number of carbonyl (C=O) groups excluding carboxylic acids is 3. The van der Waals surface area contributed by atoms with Gasteiger partial charge in [-0.05, 0) is 48.8 Å². The van der Waals surface area contributed by atoms with Crippen LogP contribution < -0.4 is 4.74 Å². The van der Waals surface area contributed by atoms with Gasteiger partial charge in [-0.2, -0.15) is 8.78 Å². The molecule has 10 heteroatoms. The standard InChI is InChI=1S/C22H26F4O6/c1-30-19(28)4-3-6-21(7-5-20(29)31-2)10-14-8-16(24)18(9-15(14)17(27)11-21)32-13-22(25,26)12-23/h8-9H,3-7,10-13H2,1-2H3. The molecule has 0 bridgehead atoms. The van der Waals surface area contributed by atoms with Crippen LogP contribution in [0, 0.1) is 11.2 Å². The van der Waals surface area contributed by atoms with E-state index in [1.165, 1.54) is 14.2 Å². The van der Waals surface area contributed by atoms with Crippen molar-refractivity contribution in [3.05, 3.63) is 29.1 Å². The molecule has 1 atom stereocenters. The van der Waals surface area contributed by atoms with Gasteiger partial charge < -0.3 is 14.2 Å². The fraction of sp³-hybridized carbons (Fsp3) is 0.591. The number of hydrogen-bond acceptors (Lipinski definition) is 6. The number of carbonyl (C=O) groups is 3. The van der Waals surface area contributed by atoms with Gasteiger partial charge >= 0.3 is 17.9 Å². The lowest BCUT2D eigenvalue weighted by Crippen LogP contribution is -2.34. The molecule has 178 valence electrons. The number of methoxy groups -OCH3 is 2. The topological polar surface area (TPSA) is 78.9 Å². The van der Waals surface area contributed by atoms with Crippen molar-refractivity contribution in [2.75, 3.05) is 27.5 Å². The van der Waals surface area contributed by atoms with Gasteiger partial charge in [0.1, 0.15) is 0 Å². The highest BCUT2D eigenvalue weighted by atomic mass is 19.3. The quantitative estimate of drug-likeness (QED) is 0.362. The summed E-state index contributed by atoms with van der Waals surface area (Å²) in [4.78, 5) is 36.0. The van der Waals surface area contributed by atoms with E-state index >= 15 is 0 Å². The summed E-state index contributed by atoms with van der Waals surface area (Å²) >= 11 is 0. The monoisotopic (exact) mass is 462 g/mol. The summed E-state index contributed by atoms with van der Waals surface area (Å²) in [6.45, 7) is -3.31. The van der Waals surface area contributed by atoms with Crippen molar-refractivity contribution in [1.82, 2.24) is 0 Å². The molecule has 1 aliphatic carbocycles.